The number of quaternary nitrogens is 1. The van der Waals surface area contributed by atoms with Gasteiger partial charge in [0.15, 0.2) is 6.54 Å². The largest absolute Gasteiger partial charge is 0.477 e. The van der Waals surface area contributed by atoms with Crippen molar-refractivity contribution in [1.82, 2.24) is 10.2 Å². The molecule has 7 nitrogen and oxygen atoms in total. The lowest BCUT2D eigenvalue weighted by atomic mass is 10.1. The summed E-state index contributed by atoms with van der Waals surface area (Å²) in [5, 5.41) is 11.4. The second kappa shape index (κ2) is 5.16. The van der Waals surface area contributed by atoms with Crippen molar-refractivity contribution in [3.05, 3.63) is 0 Å². The zero-order valence-electron chi connectivity index (χ0n) is 11.9. The average molecular weight is 272 g/mol. The number of carbonyl (C=O) groups is 3. The summed E-state index contributed by atoms with van der Waals surface area (Å²) in [6.07, 6.45) is 0.579. The fourth-order valence-electron chi connectivity index (χ4n) is 2.12. The van der Waals surface area contributed by atoms with Crippen LogP contribution in [-0.2, 0) is 9.59 Å². The lowest BCUT2D eigenvalue weighted by molar-refractivity contribution is -0.883. The Bertz CT molecular complexity index is 404. The Morgan fingerprint density at radius 2 is 1.95 bits per heavy atom. The highest BCUT2D eigenvalue weighted by Gasteiger charge is 2.43. The van der Waals surface area contributed by atoms with Gasteiger partial charge in [0.25, 0.3) is 5.91 Å². The molecule has 1 aliphatic heterocycles. The summed E-state index contributed by atoms with van der Waals surface area (Å²) >= 11 is 0. The number of imide groups is 1. The molecular weight excluding hydrogens is 250 g/mol. The molecule has 7 heteroatoms. The van der Waals surface area contributed by atoms with Gasteiger partial charge < -0.3 is 14.9 Å². The lowest BCUT2D eigenvalue weighted by Crippen LogP contribution is -2.46. The number of rotatable bonds is 6. The number of carboxylic acid groups (broad SMARTS) is 1. The number of nitrogens with one attached hydrogen (secondary N) is 1. The minimum atomic E-state index is -0.860. The van der Waals surface area contributed by atoms with Crippen LogP contribution in [0.25, 0.3) is 0 Å². The molecule has 1 heterocycles. The van der Waals surface area contributed by atoms with Gasteiger partial charge in [-0.2, -0.15) is 0 Å². The van der Waals surface area contributed by atoms with E-state index in [-0.39, 0.29) is 18.5 Å². The van der Waals surface area contributed by atoms with E-state index in [0.29, 0.717) is 24.0 Å². The van der Waals surface area contributed by atoms with Crippen LogP contribution in [0.4, 0.5) is 4.79 Å². The summed E-state index contributed by atoms with van der Waals surface area (Å²) in [5.74, 6) is -1.10. The summed E-state index contributed by atoms with van der Waals surface area (Å²) in [5.41, 5.74) is -0.845. The Hall–Kier alpha value is -1.63. The lowest BCUT2D eigenvalue weighted by Gasteiger charge is -2.28. The van der Waals surface area contributed by atoms with Crippen molar-refractivity contribution in [3.63, 3.8) is 0 Å². The predicted octanol–water partition coefficient (Wildman–Crippen LogP) is -0.132. The van der Waals surface area contributed by atoms with E-state index >= 15 is 0 Å². The van der Waals surface area contributed by atoms with E-state index in [4.69, 9.17) is 5.11 Å². The molecule has 0 aromatic rings. The number of hydrogen-bond donors (Lipinski definition) is 2. The first-order valence-electron chi connectivity index (χ1n) is 6.23. The van der Waals surface area contributed by atoms with Gasteiger partial charge in [0.05, 0.1) is 20.6 Å². The molecule has 19 heavy (non-hydrogen) atoms. The first-order valence-corrected chi connectivity index (χ1v) is 6.23. The highest BCUT2D eigenvalue weighted by molar-refractivity contribution is 6.06. The first-order chi connectivity index (χ1) is 8.55. The van der Waals surface area contributed by atoms with Crippen LogP contribution in [0.5, 0.6) is 0 Å². The highest BCUT2D eigenvalue weighted by atomic mass is 16.4. The molecule has 0 spiro atoms. The highest BCUT2D eigenvalue weighted by Crippen LogP contribution is 2.16. The topological polar surface area (TPSA) is 86.7 Å². The van der Waals surface area contributed by atoms with Gasteiger partial charge >= 0.3 is 12.0 Å². The molecule has 0 aromatic heterocycles. The van der Waals surface area contributed by atoms with E-state index in [2.05, 4.69) is 5.32 Å². The Labute approximate surface area is 112 Å². The van der Waals surface area contributed by atoms with Crippen LogP contribution < -0.4 is 5.32 Å². The predicted molar refractivity (Wildman–Crippen MR) is 68.4 cm³/mol. The number of hydrogen-bond acceptors (Lipinski definition) is 3. The number of urea groups is 1. The maximum atomic E-state index is 11.9. The second-order valence-electron chi connectivity index (χ2n) is 6.08. The van der Waals surface area contributed by atoms with Gasteiger partial charge in [-0.1, -0.05) is 0 Å². The third-order valence-corrected chi connectivity index (χ3v) is 3.15. The number of carbonyl (C=O) groups excluding carboxylic acids is 2. The summed E-state index contributed by atoms with van der Waals surface area (Å²) in [4.78, 5) is 35.4. The Morgan fingerprint density at radius 3 is 2.37 bits per heavy atom. The molecule has 1 aliphatic rings. The fraction of sp³-hybridized carbons (Fsp3) is 0.750. The van der Waals surface area contributed by atoms with E-state index < -0.39 is 11.5 Å². The van der Waals surface area contributed by atoms with Gasteiger partial charge in [0, 0.05) is 13.0 Å². The van der Waals surface area contributed by atoms with E-state index in [0.717, 1.165) is 0 Å². The van der Waals surface area contributed by atoms with E-state index in [1.54, 1.807) is 13.8 Å². The number of likely N-dealkylation sites (N-methyl/N-ethyl adjacent to an activating group) is 1. The van der Waals surface area contributed by atoms with Crippen molar-refractivity contribution in [3.8, 4) is 0 Å². The quantitative estimate of drug-likeness (QED) is 0.521. The van der Waals surface area contributed by atoms with Crippen LogP contribution in [0, 0.1) is 0 Å². The van der Waals surface area contributed by atoms with Crippen molar-refractivity contribution >= 4 is 17.9 Å². The first kappa shape index (κ1) is 15.4. The molecule has 108 valence electrons. The van der Waals surface area contributed by atoms with Crippen LogP contribution in [-0.4, -0.2) is 71.7 Å². The average Bonchev–Trinajstić information content (AvgIpc) is 2.37. The van der Waals surface area contributed by atoms with Gasteiger partial charge in [0.1, 0.15) is 5.54 Å². The van der Waals surface area contributed by atoms with E-state index in [1.165, 1.54) is 4.90 Å². The number of aliphatic carboxylic acids is 1. The molecule has 1 fully saturated rings. The van der Waals surface area contributed by atoms with E-state index in [9.17, 15) is 14.4 Å². The number of amides is 3. The molecule has 0 aromatic carbocycles. The summed E-state index contributed by atoms with van der Waals surface area (Å²) in [7, 11) is 3.62. The van der Waals surface area contributed by atoms with Crippen LogP contribution in [0.3, 0.4) is 0 Å². The van der Waals surface area contributed by atoms with Gasteiger partial charge in [-0.15, -0.1) is 0 Å². The standard InChI is InChI=1S/C12H21N3O4/c1-12(2)10(18)14(11(19)13-12)6-5-7-15(3,4)8-9(16)17/h5-8H2,1-4H3,(H-,13,16,17,19)/p+1. The van der Waals surface area contributed by atoms with E-state index in [1.807, 2.05) is 14.1 Å². The fourth-order valence-corrected chi connectivity index (χ4v) is 2.12. The van der Waals surface area contributed by atoms with Gasteiger partial charge in [0.2, 0.25) is 0 Å². The maximum Gasteiger partial charge on any atom is 0.359 e. The molecule has 2 N–H and O–H groups in total. The summed E-state index contributed by atoms with van der Waals surface area (Å²) in [6.45, 7) is 4.25. The Morgan fingerprint density at radius 1 is 1.37 bits per heavy atom. The molecule has 1 saturated heterocycles. The van der Waals surface area contributed by atoms with Gasteiger partial charge in [-0.25, -0.2) is 9.59 Å². The van der Waals surface area contributed by atoms with Crippen molar-refractivity contribution in [2.75, 3.05) is 33.7 Å². The summed E-state index contributed by atoms with van der Waals surface area (Å²) in [6, 6.07) is -0.376. The number of nitrogens with zero attached hydrogens (tertiary/aromatic N) is 2. The van der Waals surface area contributed by atoms with Gasteiger partial charge in [-0.3, -0.25) is 9.69 Å². The van der Waals surface area contributed by atoms with Crippen molar-refractivity contribution in [1.29, 1.82) is 0 Å². The second-order valence-corrected chi connectivity index (χ2v) is 6.08. The minimum absolute atomic E-state index is 0.0195. The smallest absolute Gasteiger partial charge is 0.359 e. The molecule has 0 unspecified atom stereocenters. The molecule has 0 saturated carbocycles. The molecular formula is C12H22N3O4+. The molecule has 0 atom stereocenters. The molecule has 0 radical (unpaired) electrons. The third-order valence-electron chi connectivity index (χ3n) is 3.15. The Balaban J connectivity index is 2.48. The van der Waals surface area contributed by atoms with Crippen molar-refractivity contribution < 1.29 is 24.0 Å². The van der Waals surface area contributed by atoms with Crippen LogP contribution >= 0.6 is 0 Å². The molecule has 3 amide bonds. The normalized spacial score (nSPS) is 18.6. The zero-order chi connectivity index (χ0) is 14.8. The van der Waals surface area contributed by atoms with Crippen LogP contribution in [0.1, 0.15) is 20.3 Å². The van der Waals surface area contributed by atoms with Crippen molar-refractivity contribution in [2.45, 2.75) is 25.8 Å². The molecule has 0 bridgehead atoms. The third kappa shape index (κ3) is 3.92. The Kier molecular flexibility index (Phi) is 4.19. The zero-order valence-corrected chi connectivity index (χ0v) is 11.9. The minimum Gasteiger partial charge on any atom is -0.477 e. The van der Waals surface area contributed by atoms with Crippen LogP contribution in [0.15, 0.2) is 0 Å². The van der Waals surface area contributed by atoms with Crippen molar-refractivity contribution in [2.24, 2.45) is 0 Å². The van der Waals surface area contributed by atoms with Crippen LogP contribution in [0.2, 0.25) is 0 Å². The SMILES string of the molecule is CC1(C)NC(=O)N(CCC[N+](C)(C)CC(=O)O)C1=O. The summed E-state index contributed by atoms with van der Waals surface area (Å²) < 4.78 is 0.322. The molecule has 1 rings (SSSR count). The maximum absolute atomic E-state index is 11.9. The molecule has 0 aliphatic carbocycles. The number of carboxylic acids is 1. The van der Waals surface area contributed by atoms with Gasteiger partial charge in [-0.05, 0) is 13.8 Å². The monoisotopic (exact) mass is 272 g/mol.